The van der Waals surface area contributed by atoms with Gasteiger partial charge in [0, 0.05) is 12.8 Å². The smallest absolute Gasteiger partial charge is 0.262 e. The summed E-state index contributed by atoms with van der Waals surface area (Å²) in [6.07, 6.45) is 0.342. The minimum atomic E-state index is -4.28. The Balaban J connectivity index is 1.84. The fourth-order valence-electron chi connectivity index (χ4n) is 3.40. The molecule has 0 aliphatic carbocycles. The molecule has 4 rings (SSSR count). The van der Waals surface area contributed by atoms with Crippen LogP contribution in [-0.4, -0.2) is 59.7 Å². The van der Waals surface area contributed by atoms with Gasteiger partial charge >= 0.3 is 0 Å². The summed E-state index contributed by atoms with van der Waals surface area (Å²) in [6, 6.07) is 6.87. The van der Waals surface area contributed by atoms with E-state index in [0.717, 1.165) is 17.0 Å². The first-order valence-corrected chi connectivity index (χ1v) is 12.9. The van der Waals surface area contributed by atoms with E-state index in [4.69, 9.17) is 25.8 Å². The predicted molar refractivity (Wildman–Crippen MR) is 135 cm³/mol. The lowest BCUT2D eigenvalue weighted by Crippen LogP contribution is -2.22. The van der Waals surface area contributed by atoms with Crippen LogP contribution >= 0.6 is 22.9 Å². The molecule has 4 aromatic rings. The maximum Gasteiger partial charge on any atom is 0.262 e. The van der Waals surface area contributed by atoms with Gasteiger partial charge in [-0.1, -0.05) is 24.2 Å². The van der Waals surface area contributed by atoms with Crippen molar-refractivity contribution in [2.24, 2.45) is 0 Å². The SMILES string of the molecule is C=C([C@H](OC)c1ncc(Cl)s1)S(=O)(=O)Nc1nnc(-c2cc(C)[nH]n2)n1-c1c(OC)cccc1OC. The number of aromatic nitrogens is 6. The second-order valence-electron chi connectivity index (χ2n) is 7.32. The van der Waals surface area contributed by atoms with Crippen LogP contribution in [0, 0.1) is 6.92 Å². The molecule has 0 bridgehead atoms. The first-order chi connectivity index (χ1) is 17.2. The van der Waals surface area contributed by atoms with Crippen molar-refractivity contribution in [2.75, 3.05) is 26.1 Å². The number of methoxy groups -OCH3 is 3. The molecule has 0 fully saturated rings. The molecule has 15 heteroatoms. The highest BCUT2D eigenvalue weighted by molar-refractivity contribution is 7.96. The van der Waals surface area contributed by atoms with E-state index in [1.807, 2.05) is 6.92 Å². The number of aromatic amines is 1. The minimum Gasteiger partial charge on any atom is -0.494 e. The Hall–Kier alpha value is -3.46. The molecule has 0 radical (unpaired) electrons. The first-order valence-electron chi connectivity index (χ1n) is 10.2. The zero-order chi connectivity index (χ0) is 26.0. The van der Waals surface area contributed by atoms with Gasteiger partial charge in [-0.3, -0.25) is 9.67 Å². The Bertz CT molecular complexity index is 1490. The van der Waals surface area contributed by atoms with Gasteiger partial charge in [0.25, 0.3) is 10.0 Å². The average Bonchev–Trinajstić information content (AvgIpc) is 3.58. The van der Waals surface area contributed by atoms with Crippen LogP contribution in [0.5, 0.6) is 11.5 Å². The van der Waals surface area contributed by atoms with E-state index in [0.29, 0.717) is 32.2 Å². The normalized spacial score (nSPS) is 12.4. The van der Waals surface area contributed by atoms with Gasteiger partial charge in [-0.2, -0.15) is 5.10 Å². The van der Waals surface area contributed by atoms with Gasteiger partial charge in [0.15, 0.2) is 5.82 Å². The molecular formula is C21H22ClN7O5S2. The summed E-state index contributed by atoms with van der Waals surface area (Å²) in [4.78, 5) is 3.82. The van der Waals surface area contributed by atoms with Gasteiger partial charge in [0.1, 0.15) is 38.3 Å². The number of hydrogen-bond acceptors (Lipinski definition) is 10. The number of ether oxygens (including phenoxy) is 3. The van der Waals surface area contributed by atoms with E-state index in [1.165, 1.54) is 32.1 Å². The summed E-state index contributed by atoms with van der Waals surface area (Å²) in [6.45, 7) is 5.57. The zero-order valence-corrected chi connectivity index (χ0v) is 22.0. The number of aryl methyl sites for hydroxylation is 1. The molecule has 0 unspecified atom stereocenters. The van der Waals surface area contributed by atoms with Crippen molar-refractivity contribution in [1.29, 1.82) is 0 Å². The molecule has 0 spiro atoms. The van der Waals surface area contributed by atoms with Gasteiger partial charge in [-0.15, -0.1) is 21.5 Å². The number of anilines is 1. The lowest BCUT2D eigenvalue weighted by molar-refractivity contribution is 0.139. The Kier molecular flexibility index (Phi) is 7.31. The Morgan fingerprint density at radius 3 is 2.44 bits per heavy atom. The molecule has 0 aliphatic heterocycles. The second-order valence-corrected chi connectivity index (χ2v) is 10.7. The number of sulfonamides is 1. The molecule has 0 saturated heterocycles. The number of H-pyrrole nitrogens is 1. The minimum absolute atomic E-state index is 0.151. The molecule has 0 aliphatic rings. The van der Waals surface area contributed by atoms with E-state index in [-0.39, 0.29) is 16.7 Å². The van der Waals surface area contributed by atoms with E-state index in [2.05, 4.69) is 36.7 Å². The first kappa shape index (κ1) is 25.6. The molecule has 2 N–H and O–H groups in total. The molecule has 1 atom stereocenters. The molecule has 0 amide bonds. The number of rotatable bonds is 10. The highest BCUT2D eigenvalue weighted by Crippen LogP contribution is 2.38. The molecule has 12 nitrogen and oxygen atoms in total. The number of nitrogens with one attached hydrogen (secondary N) is 2. The molecule has 1 aromatic carbocycles. The van der Waals surface area contributed by atoms with Crippen molar-refractivity contribution in [3.05, 3.63) is 57.0 Å². The number of hydrogen-bond donors (Lipinski definition) is 2. The third kappa shape index (κ3) is 4.80. The number of para-hydroxylation sites is 1. The maximum atomic E-state index is 13.4. The molecule has 36 heavy (non-hydrogen) atoms. The summed E-state index contributed by atoms with van der Waals surface area (Å²) in [5, 5.41) is 15.7. The number of thiazole rings is 1. The topological polar surface area (TPSA) is 146 Å². The maximum absolute atomic E-state index is 13.4. The fourth-order valence-corrected chi connectivity index (χ4v) is 5.51. The van der Waals surface area contributed by atoms with E-state index < -0.39 is 16.1 Å². The summed E-state index contributed by atoms with van der Waals surface area (Å²) in [5.74, 6) is 0.852. The highest BCUT2D eigenvalue weighted by Gasteiger charge is 2.32. The van der Waals surface area contributed by atoms with Crippen LogP contribution in [0.1, 0.15) is 16.8 Å². The Labute approximate surface area is 216 Å². The quantitative estimate of drug-likeness (QED) is 0.301. The van der Waals surface area contributed by atoms with Crippen molar-refractivity contribution < 1.29 is 22.6 Å². The van der Waals surface area contributed by atoms with Crippen LogP contribution in [0.4, 0.5) is 5.95 Å². The summed E-state index contributed by atoms with van der Waals surface area (Å²) >= 11 is 7.05. The molecular weight excluding hydrogens is 530 g/mol. The van der Waals surface area contributed by atoms with E-state index in [9.17, 15) is 8.42 Å². The fraction of sp³-hybridized carbons (Fsp3) is 0.238. The summed E-state index contributed by atoms with van der Waals surface area (Å²) in [5.41, 5.74) is 1.55. The van der Waals surface area contributed by atoms with E-state index >= 15 is 0 Å². The lowest BCUT2D eigenvalue weighted by atomic mass is 10.2. The third-order valence-corrected chi connectivity index (χ3v) is 7.56. The number of benzene rings is 1. The van der Waals surface area contributed by atoms with Gasteiger partial charge in [0.05, 0.1) is 25.3 Å². The van der Waals surface area contributed by atoms with E-state index in [1.54, 1.807) is 24.3 Å². The van der Waals surface area contributed by atoms with Crippen LogP contribution in [0.25, 0.3) is 17.2 Å². The van der Waals surface area contributed by atoms with Gasteiger partial charge < -0.3 is 14.2 Å². The third-order valence-electron chi connectivity index (χ3n) is 5.04. The number of halogens is 1. The Morgan fingerprint density at radius 2 is 1.92 bits per heavy atom. The summed E-state index contributed by atoms with van der Waals surface area (Å²) in [7, 11) is 0.0346. The molecule has 3 heterocycles. The van der Waals surface area contributed by atoms with Crippen LogP contribution in [0.15, 0.2) is 41.9 Å². The highest BCUT2D eigenvalue weighted by atomic mass is 35.5. The van der Waals surface area contributed by atoms with Crippen molar-refractivity contribution in [3.8, 4) is 28.7 Å². The van der Waals surface area contributed by atoms with Crippen LogP contribution in [0.3, 0.4) is 0 Å². The monoisotopic (exact) mass is 551 g/mol. The van der Waals surface area contributed by atoms with Gasteiger partial charge in [-0.05, 0) is 25.1 Å². The lowest BCUT2D eigenvalue weighted by Gasteiger charge is -2.19. The Morgan fingerprint density at radius 1 is 1.22 bits per heavy atom. The van der Waals surface area contributed by atoms with Crippen molar-refractivity contribution in [1.82, 2.24) is 29.9 Å². The van der Waals surface area contributed by atoms with Gasteiger partial charge in [0.2, 0.25) is 5.95 Å². The van der Waals surface area contributed by atoms with Gasteiger partial charge in [-0.25, -0.2) is 18.1 Å². The largest absolute Gasteiger partial charge is 0.494 e. The molecule has 190 valence electrons. The van der Waals surface area contributed by atoms with Crippen LogP contribution in [0.2, 0.25) is 4.34 Å². The predicted octanol–water partition coefficient (Wildman–Crippen LogP) is 3.74. The zero-order valence-electron chi connectivity index (χ0n) is 19.6. The van der Waals surface area contributed by atoms with Crippen LogP contribution < -0.4 is 14.2 Å². The average molecular weight is 552 g/mol. The second kappa shape index (κ2) is 10.3. The summed E-state index contributed by atoms with van der Waals surface area (Å²) < 4.78 is 47.5. The van der Waals surface area contributed by atoms with Crippen LogP contribution in [-0.2, 0) is 14.8 Å². The number of nitrogens with zero attached hydrogens (tertiary/aromatic N) is 5. The van der Waals surface area contributed by atoms with Crippen molar-refractivity contribution in [3.63, 3.8) is 0 Å². The standard InChI is InChI=1S/C21H22ClN7O5S2/c1-11-9-13(25-24-11)19-26-27-21(29(19)17-14(32-3)7-6-8-15(17)33-4)28-36(30,31)12(2)18(34-5)20-23-10-16(22)35-20/h6-10,18H,2H2,1,3-5H3,(H,24,25)(H,27,28)/t18-/m0/s1. The molecule has 0 saturated carbocycles. The molecule has 3 aromatic heterocycles. The van der Waals surface area contributed by atoms with Crippen molar-refractivity contribution >= 4 is 38.9 Å². The van der Waals surface area contributed by atoms with Crippen molar-refractivity contribution in [2.45, 2.75) is 13.0 Å².